The third kappa shape index (κ3) is 2.87. The van der Waals surface area contributed by atoms with Crippen molar-refractivity contribution >= 4 is 11.3 Å². The summed E-state index contributed by atoms with van der Waals surface area (Å²) in [6.07, 6.45) is 11.2. The minimum Gasteiger partial charge on any atom is -0.496 e. The van der Waals surface area contributed by atoms with Gasteiger partial charge in [0.1, 0.15) is 5.76 Å². The molecule has 0 aromatic carbocycles. The van der Waals surface area contributed by atoms with E-state index in [9.17, 15) is 0 Å². The van der Waals surface area contributed by atoms with Gasteiger partial charge in [-0.25, -0.2) is 0 Å². The van der Waals surface area contributed by atoms with E-state index >= 15 is 0 Å². The van der Waals surface area contributed by atoms with Gasteiger partial charge < -0.3 is 10.1 Å². The second-order valence-electron chi connectivity index (χ2n) is 5.48. The summed E-state index contributed by atoms with van der Waals surface area (Å²) in [5.74, 6) is 1.13. The first-order valence-electron chi connectivity index (χ1n) is 7.50. The van der Waals surface area contributed by atoms with Gasteiger partial charge in [-0.15, -0.1) is 11.3 Å². The van der Waals surface area contributed by atoms with Crippen LogP contribution in [0.1, 0.15) is 53.5 Å². The maximum absolute atomic E-state index is 5.85. The fourth-order valence-corrected chi connectivity index (χ4v) is 4.41. The van der Waals surface area contributed by atoms with E-state index in [4.69, 9.17) is 4.74 Å². The smallest absolute Gasteiger partial charge is 0.114 e. The third-order valence-electron chi connectivity index (χ3n) is 4.09. The van der Waals surface area contributed by atoms with Crippen LogP contribution in [0.5, 0.6) is 0 Å². The van der Waals surface area contributed by atoms with Crippen LogP contribution in [-0.2, 0) is 17.6 Å². The number of ether oxygens (including phenoxy) is 1. The highest BCUT2D eigenvalue weighted by Gasteiger charge is 2.22. The summed E-state index contributed by atoms with van der Waals surface area (Å²) in [6, 6.07) is 2.68. The fraction of sp³-hybridized carbons (Fsp3) is 0.625. The fourth-order valence-electron chi connectivity index (χ4n) is 3.04. The SMILES string of the molecule is CNC(C1=CCCCO1)c1cc2c(s1)CCCCC2. The first-order chi connectivity index (χ1) is 9.38. The van der Waals surface area contributed by atoms with Gasteiger partial charge in [0.15, 0.2) is 0 Å². The molecular weight excluding hydrogens is 254 g/mol. The predicted octanol–water partition coefficient (Wildman–Crippen LogP) is 3.97. The molecule has 1 unspecified atom stereocenters. The lowest BCUT2D eigenvalue weighted by atomic mass is 10.1. The molecule has 1 atom stereocenters. The quantitative estimate of drug-likeness (QED) is 0.844. The molecule has 19 heavy (non-hydrogen) atoms. The highest BCUT2D eigenvalue weighted by atomic mass is 32.1. The Labute approximate surface area is 119 Å². The summed E-state index contributed by atoms with van der Waals surface area (Å²) in [5.41, 5.74) is 1.59. The molecule has 1 aliphatic carbocycles. The van der Waals surface area contributed by atoms with Crippen LogP contribution in [0.4, 0.5) is 0 Å². The Morgan fingerprint density at radius 2 is 2.11 bits per heavy atom. The van der Waals surface area contributed by atoms with Crippen molar-refractivity contribution in [1.29, 1.82) is 0 Å². The van der Waals surface area contributed by atoms with Crippen LogP contribution in [-0.4, -0.2) is 13.7 Å². The van der Waals surface area contributed by atoms with E-state index < -0.39 is 0 Å². The van der Waals surface area contributed by atoms with Crippen LogP contribution >= 0.6 is 11.3 Å². The van der Waals surface area contributed by atoms with Gasteiger partial charge in [-0.05, 0) is 63.3 Å². The maximum Gasteiger partial charge on any atom is 0.114 e. The number of aryl methyl sites for hydroxylation is 2. The normalized spacial score (nSPS) is 21.0. The average Bonchev–Trinajstić information content (AvgIpc) is 2.71. The summed E-state index contributed by atoms with van der Waals surface area (Å²) in [4.78, 5) is 3.05. The molecule has 1 aliphatic heterocycles. The van der Waals surface area contributed by atoms with Gasteiger partial charge in [0.05, 0.1) is 12.6 Å². The summed E-state index contributed by atoms with van der Waals surface area (Å²) in [7, 11) is 2.04. The molecule has 1 N–H and O–H groups in total. The predicted molar refractivity (Wildman–Crippen MR) is 80.6 cm³/mol. The maximum atomic E-state index is 5.85. The molecule has 0 saturated heterocycles. The minimum absolute atomic E-state index is 0.261. The van der Waals surface area contributed by atoms with Crippen molar-refractivity contribution in [3.05, 3.63) is 33.2 Å². The van der Waals surface area contributed by atoms with Crippen molar-refractivity contribution in [2.75, 3.05) is 13.7 Å². The zero-order valence-electron chi connectivity index (χ0n) is 11.7. The number of hydrogen-bond donors (Lipinski definition) is 1. The zero-order chi connectivity index (χ0) is 13.1. The van der Waals surface area contributed by atoms with E-state index in [0.717, 1.165) is 25.2 Å². The minimum atomic E-state index is 0.261. The Kier molecular flexibility index (Phi) is 4.24. The second-order valence-corrected chi connectivity index (χ2v) is 6.65. The molecule has 2 heterocycles. The number of allylic oxidation sites excluding steroid dienone is 1. The number of likely N-dealkylation sites (N-methyl/N-ethyl adjacent to an activating group) is 1. The van der Waals surface area contributed by atoms with Gasteiger partial charge in [-0.2, -0.15) is 0 Å². The van der Waals surface area contributed by atoms with Crippen molar-refractivity contribution in [2.45, 2.75) is 51.0 Å². The van der Waals surface area contributed by atoms with Gasteiger partial charge in [-0.1, -0.05) is 6.42 Å². The van der Waals surface area contributed by atoms with Crippen molar-refractivity contribution < 1.29 is 4.74 Å². The summed E-state index contributed by atoms with van der Waals surface area (Å²) < 4.78 is 5.85. The van der Waals surface area contributed by atoms with Crippen molar-refractivity contribution in [3.63, 3.8) is 0 Å². The van der Waals surface area contributed by atoms with Crippen LogP contribution in [0.2, 0.25) is 0 Å². The Morgan fingerprint density at radius 3 is 2.89 bits per heavy atom. The Hall–Kier alpha value is -0.800. The van der Waals surface area contributed by atoms with E-state index in [1.165, 1.54) is 37.0 Å². The van der Waals surface area contributed by atoms with Crippen LogP contribution in [0.25, 0.3) is 0 Å². The Morgan fingerprint density at radius 1 is 1.21 bits per heavy atom. The molecule has 0 saturated carbocycles. The molecule has 3 rings (SSSR count). The lowest BCUT2D eigenvalue weighted by Crippen LogP contribution is -2.21. The van der Waals surface area contributed by atoms with Gasteiger partial charge in [-0.3, -0.25) is 0 Å². The molecule has 0 radical (unpaired) electrons. The molecule has 104 valence electrons. The standard InChI is InChI=1S/C16H23NOS/c1-17-16(13-8-5-6-10-18-13)15-11-12-7-3-2-4-9-14(12)19-15/h8,11,16-17H,2-7,9-10H2,1H3. The number of thiophene rings is 1. The van der Waals surface area contributed by atoms with Crippen molar-refractivity contribution in [3.8, 4) is 0 Å². The number of fused-ring (bicyclic) bond motifs is 1. The molecule has 3 heteroatoms. The topological polar surface area (TPSA) is 21.3 Å². The van der Waals surface area contributed by atoms with Crippen molar-refractivity contribution in [1.82, 2.24) is 5.32 Å². The molecule has 2 aliphatic rings. The molecule has 1 aromatic rings. The molecule has 1 aromatic heterocycles. The van der Waals surface area contributed by atoms with Crippen molar-refractivity contribution in [2.24, 2.45) is 0 Å². The van der Waals surface area contributed by atoms with Crippen LogP contribution in [0.3, 0.4) is 0 Å². The second kappa shape index (κ2) is 6.10. The molecule has 0 bridgehead atoms. The summed E-state index contributed by atoms with van der Waals surface area (Å²) in [6.45, 7) is 0.870. The molecule has 0 amide bonds. The highest BCUT2D eigenvalue weighted by molar-refractivity contribution is 7.12. The highest BCUT2D eigenvalue weighted by Crippen LogP contribution is 2.35. The molecule has 2 nitrogen and oxygen atoms in total. The van der Waals surface area contributed by atoms with Gasteiger partial charge in [0.2, 0.25) is 0 Å². The van der Waals surface area contributed by atoms with E-state index in [1.807, 2.05) is 18.4 Å². The summed E-state index contributed by atoms with van der Waals surface area (Å²) in [5, 5.41) is 3.43. The number of hydrogen-bond acceptors (Lipinski definition) is 3. The largest absolute Gasteiger partial charge is 0.496 e. The summed E-state index contributed by atoms with van der Waals surface area (Å²) >= 11 is 1.99. The number of nitrogens with one attached hydrogen (secondary N) is 1. The lowest BCUT2D eigenvalue weighted by molar-refractivity contribution is 0.170. The molecular formula is C16H23NOS. The van der Waals surface area contributed by atoms with E-state index in [0.29, 0.717) is 0 Å². The monoisotopic (exact) mass is 277 g/mol. The van der Waals surface area contributed by atoms with Crippen LogP contribution in [0.15, 0.2) is 17.9 Å². The van der Waals surface area contributed by atoms with Gasteiger partial charge in [0, 0.05) is 9.75 Å². The van der Waals surface area contributed by atoms with E-state index in [1.54, 1.807) is 10.4 Å². The van der Waals surface area contributed by atoms with Crippen LogP contribution in [0, 0.1) is 0 Å². The van der Waals surface area contributed by atoms with Gasteiger partial charge in [0.25, 0.3) is 0 Å². The molecule has 0 spiro atoms. The Bertz CT molecular complexity index is 440. The molecule has 0 fully saturated rings. The van der Waals surface area contributed by atoms with E-state index in [-0.39, 0.29) is 6.04 Å². The number of rotatable bonds is 3. The van der Waals surface area contributed by atoms with Gasteiger partial charge >= 0.3 is 0 Å². The lowest BCUT2D eigenvalue weighted by Gasteiger charge is -2.22. The zero-order valence-corrected chi connectivity index (χ0v) is 12.5. The first-order valence-corrected chi connectivity index (χ1v) is 8.31. The van der Waals surface area contributed by atoms with Crippen LogP contribution < -0.4 is 5.32 Å². The average molecular weight is 277 g/mol. The Balaban J connectivity index is 1.85. The first kappa shape index (κ1) is 13.2. The third-order valence-corrected chi connectivity index (χ3v) is 5.39. The van der Waals surface area contributed by atoms with E-state index in [2.05, 4.69) is 17.5 Å².